The third-order valence-electron chi connectivity index (χ3n) is 5.89. The number of likely N-dealkylation sites (tertiary alicyclic amines) is 1. The van der Waals surface area contributed by atoms with Crippen LogP contribution in [0.4, 0.5) is 8.78 Å². The molecule has 0 saturated carbocycles. The largest absolute Gasteiger partial charge is 0.383 e. The summed E-state index contributed by atoms with van der Waals surface area (Å²) in [5.74, 6) is -1.34. The first kappa shape index (κ1) is 21.2. The summed E-state index contributed by atoms with van der Waals surface area (Å²) in [6.45, 7) is 2.74. The summed E-state index contributed by atoms with van der Waals surface area (Å²) in [4.78, 5) is 1.69. The maximum absolute atomic E-state index is 14.3. The van der Waals surface area contributed by atoms with E-state index in [-0.39, 0.29) is 13.1 Å². The lowest BCUT2D eigenvalue weighted by molar-refractivity contribution is 0.108. The summed E-state index contributed by atoms with van der Waals surface area (Å²) in [5, 5.41) is 12.1. The fourth-order valence-corrected chi connectivity index (χ4v) is 5.92. The van der Waals surface area contributed by atoms with E-state index >= 15 is 0 Å². The second-order valence-corrected chi connectivity index (χ2v) is 9.51. The van der Waals surface area contributed by atoms with Crippen LogP contribution in [0.5, 0.6) is 0 Å². The molecule has 30 heavy (non-hydrogen) atoms. The van der Waals surface area contributed by atoms with Crippen LogP contribution in [0.25, 0.3) is 0 Å². The van der Waals surface area contributed by atoms with Crippen LogP contribution >= 0.6 is 0 Å². The fourth-order valence-electron chi connectivity index (χ4n) is 4.38. The Kier molecular flexibility index (Phi) is 5.84. The van der Waals surface area contributed by atoms with E-state index < -0.39 is 32.1 Å². The van der Waals surface area contributed by atoms with Crippen LogP contribution in [0.3, 0.4) is 0 Å². The van der Waals surface area contributed by atoms with Gasteiger partial charge >= 0.3 is 0 Å². The first-order valence-electron chi connectivity index (χ1n) is 9.84. The van der Waals surface area contributed by atoms with Gasteiger partial charge in [-0.3, -0.25) is 4.90 Å². The van der Waals surface area contributed by atoms with Crippen molar-refractivity contribution >= 4 is 10.0 Å². The molecule has 2 aromatic rings. The van der Waals surface area contributed by atoms with Crippen molar-refractivity contribution < 1.29 is 21.9 Å². The highest BCUT2D eigenvalue weighted by Crippen LogP contribution is 2.41. The Labute approximate surface area is 173 Å². The zero-order valence-corrected chi connectivity index (χ0v) is 17.5. The molecule has 1 atom stereocenters. The number of halogens is 2. The Morgan fingerprint density at radius 2 is 1.97 bits per heavy atom. The van der Waals surface area contributed by atoms with E-state index in [4.69, 9.17) is 4.74 Å². The molecule has 164 valence electrons. The number of ether oxygens (including phenoxy) is 1. The lowest BCUT2D eigenvalue weighted by atomic mass is 9.95. The quantitative estimate of drug-likeness (QED) is 0.631. The predicted molar refractivity (Wildman–Crippen MR) is 102 cm³/mol. The third kappa shape index (κ3) is 3.61. The summed E-state index contributed by atoms with van der Waals surface area (Å²) >= 11 is 0. The number of hydrogen-bond acceptors (Lipinski definition) is 7. The van der Waals surface area contributed by atoms with E-state index in [0.29, 0.717) is 31.5 Å². The number of nitrogens with zero attached hydrogens (tertiary/aromatic N) is 6. The number of hydrogen-bond donors (Lipinski definition) is 0. The fraction of sp³-hybridized carbons (Fsp3) is 0.611. The van der Waals surface area contributed by atoms with Gasteiger partial charge in [-0.15, -0.1) is 5.10 Å². The molecule has 0 N–H and O–H groups in total. The summed E-state index contributed by atoms with van der Waals surface area (Å²) in [7, 11) is -2.56. The normalized spacial score (nSPS) is 23.4. The van der Waals surface area contributed by atoms with Gasteiger partial charge in [-0.1, -0.05) is 0 Å². The number of benzene rings is 1. The molecule has 0 aliphatic carbocycles. The molecular weight excluding hydrogens is 418 g/mol. The Balaban J connectivity index is 1.70. The zero-order valence-electron chi connectivity index (χ0n) is 16.7. The van der Waals surface area contributed by atoms with Gasteiger partial charge in [0.25, 0.3) is 0 Å². The number of aromatic nitrogens is 4. The number of rotatable bonds is 7. The lowest BCUT2D eigenvalue weighted by Gasteiger charge is -2.37. The molecule has 0 radical (unpaired) electrons. The van der Waals surface area contributed by atoms with Crippen molar-refractivity contribution in [3.63, 3.8) is 0 Å². The molecule has 9 nitrogen and oxygen atoms in total. The lowest BCUT2D eigenvalue weighted by Crippen LogP contribution is -2.49. The molecular formula is C18H24F2N6O3S. The van der Waals surface area contributed by atoms with E-state index in [1.807, 2.05) is 0 Å². The smallest absolute Gasteiger partial charge is 0.246 e. The van der Waals surface area contributed by atoms with Gasteiger partial charge in [0.05, 0.1) is 18.7 Å². The number of tetrazole rings is 1. The summed E-state index contributed by atoms with van der Waals surface area (Å²) in [6, 6.07) is 2.51. The van der Waals surface area contributed by atoms with Gasteiger partial charge in [-0.05, 0) is 54.9 Å². The number of methoxy groups -OCH3 is 1. The van der Waals surface area contributed by atoms with Crippen molar-refractivity contribution in [2.24, 2.45) is 0 Å². The molecule has 2 saturated heterocycles. The molecule has 0 amide bonds. The Morgan fingerprint density at radius 1 is 1.20 bits per heavy atom. The van der Waals surface area contributed by atoms with Crippen LogP contribution in [0, 0.1) is 11.6 Å². The van der Waals surface area contributed by atoms with Gasteiger partial charge in [0.2, 0.25) is 10.0 Å². The van der Waals surface area contributed by atoms with E-state index in [0.717, 1.165) is 38.1 Å². The molecule has 12 heteroatoms. The first-order chi connectivity index (χ1) is 14.4. The molecule has 2 aliphatic rings. The van der Waals surface area contributed by atoms with E-state index in [9.17, 15) is 17.2 Å². The summed E-state index contributed by atoms with van der Waals surface area (Å²) in [5.41, 5.74) is -0.711. The average molecular weight is 442 g/mol. The molecule has 2 aliphatic heterocycles. The molecule has 3 heterocycles. The van der Waals surface area contributed by atoms with Crippen molar-refractivity contribution in [2.45, 2.75) is 36.2 Å². The van der Waals surface area contributed by atoms with Crippen LogP contribution in [0.1, 0.15) is 25.1 Å². The SMILES string of the molecule is COCCn1nnnc1C1(N2CCCC2)CCN(S(=O)(=O)c2ccc(F)cc2F)C1. The Bertz CT molecular complexity index is 1010. The van der Waals surface area contributed by atoms with Crippen molar-refractivity contribution in [1.29, 1.82) is 0 Å². The third-order valence-corrected chi connectivity index (χ3v) is 7.77. The molecule has 2 fully saturated rings. The second kappa shape index (κ2) is 8.25. The highest BCUT2D eigenvalue weighted by atomic mass is 32.2. The van der Waals surface area contributed by atoms with Crippen LogP contribution < -0.4 is 0 Å². The minimum atomic E-state index is -4.15. The molecule has 4 rings (SSSR count). The maximum atomic E-state index is 14.3. The average Bonchev–Trinajstić information content (AvgIpc) is 3.46. The van der Waals surface area contributed by atoms with Gasteiger partial charge < -0.3 is 4.74 Å². The van der Waals surface area contributed by atoms with Gasteiger partial charge in [0.15, 0.2) is 5.82 Å². The van der Waals surface area contributed by atoms with Gasteiger partial charge in [0, 0.05) is 26.3 Å². The summed E-state index contributed by atoms with van der Waals surface area (Å²) in [6.07, 6.45) is 2.48. The number of sulfonamides is 1. The van der Waals surface area contributed by atoms with E-state index in [1.54, 1.807) is 11.8 Å². The van der Waals surface area contributed by atoms with Crippen LogP contribution in [-0.2, 0) is 26.8 Å². The Hall–Kier alpha value is -2.02. The van der Waals surface area contributed by atoms with Crippen molar-refractivity contribution in [2.75, 3.05) is 39.9 Å². The van der Waals surface area contributed by atoms with Gasteiger partial charge in [-0.2, -0.15) is 4.31 Å². The zero-order chi connectivity index (χ0) is 21.4. The highest BCUT2D eigenvalue weighted by Gasteiger charge is 2.52. The minimum absolute atomic E-state index is 0.0967. The van der Waals surface area contributed by atoms with Crippen molar-refractivity contribution in [3.8, 4) is 0 Å². The van der Waals surface area contributed by atoms with Gasteiger partial charge in [-0.25, -0.2) is 21.9 Å². The maximum Gasteiger partial charge on any atom is 0.246 e. The molecule has 0 spiro atoms. The summed E-state index contributed by atoms with van der Waals surface area (Å²) < 4.78 is 61.9. The van der Waals surface area contributed by atoms with Crippen molar-refractivity contribution in [1.82, 2.24) is 29.4 Å². The topological polar surface area (TPSA) is 93.4 Å². The molecule has 1 aromatic carbocycles. The van der Waals surface area contributed by atoms with Gasteiger partial charge in [0.1, 0.15) is 16.5 Å². The predicted octanol–water partition coefficient (Wildman–Crippen LogP) is 0.983. The Morgan fingerprint density at radius 3 is 2.67 bits per heavy atom. The highest BCUT2D eigenvalue weighted by molar-refractivity contribution is 7.89. The van der Waals surface area contributed by atoms with E-state index in [1.165, 1.54) is 4.31 Å². The monoisotopic (exact) mass is 442 g/mol. The van der Waals surface area contributed by atoms with Crippen LogP contribution in [-0.4, -0.2) is 77.7 Å². The molecule has 1 unspecified atom stereocenters. The van der Waals surface area contributed by atoms with Crippen LogP contribution in [0.15, 0.2) is 23.1 Å². The van der Waals surface area contributed by atoms with E-state index in [2.05, 4.69) is 20.4 Å². The van der Waals surface area contributed by atoms with Crippen molar-refractivity contribution in [3.05, 3.63) is 35.7 Å². The standard InChI is InChI=1S/C18H24F2N6O3S/c1-29-11-10-26-17(21-22-23-26)18(24-7-2-3-8-24)6-9-25(13-18)30(27,28)16-5-4-14(19)12-15(16)20/h4-5,12H,2-3,6-11,13H2,1H3. The van der Waals surface area contributed by atoms with Crippen LogP contribution in [0.2, 0.25) is 0 Å². The molecule has 0 bridgehead atoms. The second-order valence-electron chi connectivity index (χ2n) is 7.61. The first-order valence-corrected chi connectivity index (χ1v) is 11.3. The molecule has 1 aromatic heterocycles. The minimum Gasteiger partial charge on any atom is -0.383 e.